The van der Waals surface area contributed by atoms with Crippen molar-refractivity contribution in [1.82, 2.24) is 0 Å². The molecule has 0 aromatic rings. The quantitative estimate of drug-likeness (QED) is 0.0666. The molecule has 14 atom stereocenters. The van der Waals surface area contributed by atoms with Gasteiger partial charge in [0.2, 0.25) is 5.12 Å². The van der Waals surface area contributed by atoms with Crippen LogP contribution in [0.15, 0.2) is 0 Å². The summed E-state index contributed by atoms with van der Waals surface area (Å²) in [7, 11) is 0. The van der Waals surface area contributed by atoms with Crippen LogP contribution in [0, 0.1) is 0 Å². The molecule has 2 rings (SSSR count). The Hall–Kier alpha value is -0.580. The molecule has 16 nitrogen and oxygen atoms in total. The smallest absolute Gasteiger partial charge is 0.234 e. The first-order chi connectivity index (χ1) is 16.4. The van der Waals surface area contributed by atoms with Crippen molar-refractivity contribution in [3.05, 3.63) is 0 Å². The summed E-state index contributed by atoms with van der Waals surface area (Å²) in [5, 5.41) is 77.4. The number of hydrogen-bond acceptors (Lipinski definition) is 17. The van der Waals surface area contributed by atoms with Gasteiger partial charge in [-0.05, 0) is 0 Å². The first-order valence-electron chi connectivity index (χ1n) is 10.7. The van der Waals surface area contributed by atoms with E-state index in [0.29, 0.717) is 0 Å². The molecule has 0 aromatic heterocycles. The molecule has 14 N–H and O–H groups in total. The van der Waals surface area contributed by atoms with Gasteiger partial charge in [0.15, 0.2) is 6.29 Å². The highest BCUT2D eigenvalue weighted by molar-refractivity contribution is 7.81. The van der Waals surface area contributed by atoms with Gasteiger partial charge in [0, 0.05) is 0 Å². The topological polar surface area (TPSA) is 294 Å². The Labute approximate surface area is 205 Å². The summed E-state index contributed by atoms with van der Waals surface area (Å²) < 4.78 is 22.0. The third-order valence-electron chi connectivity index (χ3n) is 5.97. The van der Waals surface area contributed by atoms with E-state index < -0.39 is 104 Å². The van der Waals surface area contributed by atoms with Gasteiger partial charge in [-0.3, -0.25) is 0 Å². The highest BCUT2D eigenvalue weighted by Gasteiger charge is 2.56. The molecule has 2 fully saturated rings. The van der Waals surface area contributed by atoms with Gasteiger partial charge in [0.05, 0.1) is 37.9 Å². The van der Waals surface area contributed by atoms with Crippen molar-refractivity contribution in [3.63, 3.8) is 0 Å². The standard InChI is InChI=1S/C18H35N3O13S/c19-5(1-22)10(27)14(6(26)2-23)34-18(35)16(21)13(30)15(8(4-25)33-18)32-17-9(20)12(29)11(28)7(3-24)31-17/h1,5-17,23-30,35H,2-4,19-21H2/t5-,6+,7+,8+,9+,10+,11+,12+,13-,14+,15+,16+,17-,18-/m0/s1. The van der Waals surface area contributed by atoms with Gasteiger partial charge in [-0.2, -0.15) is 0 Å². The highest BCUT2D eigenvalue weighted by atomic mass is 32.1. The third kappa shape index (κ3) is 6.47. The van der Waals surface area contributed by atoms with Gasteiger partial charge in [0.1, 0.15) is 61.2 Å². The van der Waals surface area contributed by atoms with E-state index >= 15 is 0 Å². The normalized spacial score (nSPS) is 43.8. The summed E-state index contributed by atoms with van der Waals surface area (Å²) >= 11 is 4.17. The van der Waals surface area contributed by atoms with Crippen molar-refractivity contribution in [2.75, 3.05) is 19.8 Å². The fraction of sp³-hybridized carbons (Fsp3) is 0.944. The average molecular weight is 534 g/mol. The van der Waals surface area contributed by atoms with Gasteiger partial charge >= 0.3 is 0 Å². The molecule has 0 aromatic carbocycles. The Kier molecular flexibility index (Phi) is 11.2. The number of nitrogens with two attached hydrogens (primary N) is 3. The molecule has 206 valence electrons. The van der Waals surface area contributed by atoms with Crippen molar-refractivity contribution < 1.29 is 64.6 Å². The fourth-order valence-electron chi connectivity index (χ4n) is 3.77. The maximum Gasteiger partial charge on any atom is 0.234 e. The molecule has 0 spiro atoms. The summed E-state index contributed by atoms with van der Waals surface area (Å²) in [5.74, 6) is 0. The van der Waals surface area contributed by atoms with Gasteiger partial charge in [-0.25, -0.2) is 0 Å². The molecule has 0 bridgehead atoms. The van der Waals surface area contributed by atoms with Crippen LogP contribution in [0.3, 0.4) is 0 Å². The number of aldehydes is 1. The van der Waals surface area contributed by atoms with Crippen molar-refractivity contribution in [1.29, 1.82) is 0 Å². The van der Waals surface area contributed by atoms with E-state index in [4.69, 9.17) is 36.1 Å². The monoisotopic (exact) mass is 533 g/mol. The van der Waals surface area contributed by atoms with Crippen LogP contribution >= 0.6 is 12.6 Å². The molecule has 35 heavy (non-hydrogen) atoms. The second kappa shape index (κ2) is 12.8. The highest BCUT2D eigenvalue weighted by Crippen LogP contribution is 2.37. The van der Waals surface area contributed by atoms with E-state index in [1.165, 1.54) is 0 Å². The summed E-state index contributed by atoms with van der Waals surface area (Å²) in [5.41, 5.74) is 17.4. The first-order valence-corrected chi connectivity index (χ1v) is 11.1. The Morgan fingerprint density at radius 1 is 1.03 bits per heavy atom. The van der Waals surface area contributed by atoms with Crippen LogP contribution in [-0.2, 0) is 23.7 Å². The molecule has 0 aliphatic carbocycles. The lowest BCUT2D eigenvalue weighted by Gasteiger charge is -2.51. The molecule has 2 heterocycles. The first kappa shape index (κ1) is 30.6. The van der Waals surface area contributed by atoms with E-state index in [9.17, 15) is 45.6 Å². The van der Waals surface area contributed by atoms with Crippen molar-refractivity contribution in [2.45, 2.75) is 84.5 Å². The number of hydrogen-bond donors (Lipinski definition) is 12. The molecule has 2 saturated heterocycles. The molecule has 0 unspecified atom stereocenters. The Bertz CT molecular complexity index is 682. The molecular formula is C18H35N3O13S. The van der Waals surface area contributed by atoms with Crippen LogP contribution in [0.1, 0.15) is 0 Å². The minimum atomic E-state index is -2.32. The van der Waals surface area contributed by atoms with Crippen molar-refractivity contribution in [2.24, 2.45) is 17.2 Å². The molecule has 2 aliphatic heterocycles. The summed E-state index contributed by atoms with van der Waals surface area (Å²) in [6.45, 7) is -2.44. The lowest BCUT2D eigenvalue weighted by molar-refractivity contribution is -0.347. The minimum Gasteiger partial charge on any atom is -0.394 e. The number of aliphatic hydroxyl groups excluding tert-OH is 8. The van der Waals surface area contributed by atoms with Crippen LogP contribution in [0.2, 0.25) is 0 Å². The minimum absolute atomic E-state index is 0.172. The molecule has 0 radical (unpaired) electrons. The maximum atomic E-state index is 11.0. The number of aliphatic hydroxyl groups is 8. The molecule has 17 heteroatoms. The van der Waals surface area contributed by atoms with Crippen LogP contribution in [0.4, 0.5) is 0 Å². The Morgan fingerprint density at radius 2 is 1.63 bits per heavy atom. The van der Waals surface area contributed by atoms with Crippen LogP contribution in [0.5, 0.6) is 0 Å². The largest absolute Gasteiger partial charge is 0.394 e. The number of thiol groups is 1. The van der Waals surface area contributed by atoms with E-state index in [-0.39, 0.29) is 6.29 Å². The van der Waals surface area contributed by atoms with Crippen molar-refractivity contribution in [3.8, 4) is 0 Å². The van der Waals surface area contributed by atoms with Gasteiger partial charge in [0.25, 0.3) is 0 Å². The molecule has 2 aliphatic rings. The summed E-state index contributed by atoms with van der Waals surface area (Å²) in [6, 6.07) is -4.49. The second-order valence-electron chi connectivity index (χ2n) is 8.41. The molecule has 0 saturated carbocycles. The Balaban J connectivity index is 2.25. The zero-order valence-electron chi connectivity index (χ0n) is 18.5. The van der Waals surface area contributed by atoms with E-state index in [1.807, 2.05) is 0 Å². The lowest BCUT2D eigenvalue weighted by atomic mass is 9.95. The number of carbonyl (C=O) groups excluding carboxylic acids is 1. The van der Waals surface area contributed by atoms with Crippen molar-refractivity contribution >= 4 is 18.9 Å². The molecular weight excluding hydrogens is 498 g/mol. The maximum absolute atomic E-state index is 11.0. The van der Waals surface area contributed by atoms with E-state index in [1.54, 1.807) is 0 Å². The van der Waals surface area contributed by atoms with Crippen LogP contribution < -0.4 is 17.2 Å². The summed E-state index contributed by atoms with van der Waals surface area (Å²) in [4.78, 5) is 11.0. The number of rotatable bonds is 11. The van der Waals surface area contributed by atoms with Crippen LogP contribution in [0.25, 0.3) is 0 Å². The van der Waals surface area contributed by atoms with Crippen LogP contribution in [-0.4, -0.2) is 151 Å². The predicted molar refractivity (Wildman–Crippen MR) is 116 cm³/mol. The summed E-state index contributed by atoms with van der Waals surface area (Å²) in [6.07, 6.45) is -15.7. The number of carbonyl (C=O) groups is 1. The Morgan fingerprint density at radius 3 is 2.14 bits per heavy atom. The average Bonchev–Trinajstić information content (AvgIpc) is 2.86. The SMILES string of the molecule is N[C@H]1[C@H](O[C@H]2[C@H](O)[C@@H](N)[C@@](S)(O[C@@H]([C@H](O)[C@@H](N)C=O)[C@H](O)CO)O[C@@H]2CO)O[C@H](CO)[C@@H](O)[C@@H]1O. The predicted octanol–water partition coefficient (Wildman–Crippen LogP) is -7.57. The third-order valence-corrected chi connectivity index (χ3v) is 6.48. The van der Waals surface area contributed by atoms with E-state index in [2.05, 4.69) is 12.6 Å². The van der Waals surface area contributed by atoms with Gasteiger partial charge in [-0.15, -0.1) is 12.6 Å². The number of ether oxygens (including phenoxy) is 4. The van der Waals surface area contributed by atoms with E-state index in [0.717, 1.165) is 0 Å². The van der Waals surface area contributed by atoms with Gasteiger partial charge in [-0.1, -0.05) is 0 Å². The van der Waals surface area contributed by atoms with Gasteiger partial charge < -0.3 is 81.8 Å². The lowest BCUT2D eigenvalue weighted by Crippen LogP contribution is -2.71. The zero-order chi connectivity index (χ0) is 26.7. The second-order valence-corrected chi connectivity index (χ2v) is 9.03. The zero-order valence-corrected chi connectivity index (χ0v) is 19.4. The fourth-order valence-corrected chi connectivity index (χ4v) is 4.18. The molecule has 0 amide bonds.